The molecule has 136 valence electrons. The Labute approximate surface area is 147 Å². The lowest BCUT2D eigenvalue weighted by Gasteiger charge is -2.29. The van der Waals surface area contributed by atoms with E-state index in [0.717, 1.165) is 5.69 Å². The van der Waals surface area contributed by atoms with Gasteiger partial charge in [0.25, 0.3) is 5.91 Å². The average molecular weight is 369 g/mol. The average Bonchev–Trinajstić information content (AvgIpc) is 2.58. The van der Waals surface area contributed by atoms with E-state index in [9.17, 15) is 14.2 Å². The maximum Gasteiger partial charge on any atom is 0.698 e. The van der Waals surface area contributed by atoms with Crippen molar-refractivity contribution in [3.63, 3.8) is 0 Å². The van der Waals surface area contributed by atoms with E-state index in [4.69, 9.17) is 13.8 Å². The quantitative estimate of drug-likeness (QED) is 0.577. The number of carbonyl (C=O) groups excluding carboxylic acids is 2. The first-order valence-corrected chi connectivity index (χ1v) is 9.08. The Bertz CT molecular complexity index is 622. The molecule has 1 aromatic rings. The van der Waals surface area contributed by atoms with Crippen LogP contribution in [0.1, 0.15) is 26.0 Å². The molecule has 25 heavy (non-hydrogen) atoms. The minimum Gasteiger partial charge on any atom is -0.465 e. The Morgan fingerprint density at radius 2 is 2.24 bits per heavy atom. The molecule has 8 nitrogen and oxygen atoms in total. The lowest BCUT2D eigenvalue weighted by Crippen LogP contribution is -2.48. The molecule has 2 rings (SSSR count). The van der Waals surface area contributed by atoms with Crippen molar-refractivity contribution in [3.05, 3.63) is 30.1 Å². The molecule has 0 spiro atoms. The van der Waals surface area contributed by atoms with Gasteiger partial charge in [-0.3, -0.25) is 14.6 Å². The summed E-state index contributed by atoms with van der Waals surface area (Å²) in [5, 5.41) is 2.61. The molecule has 9 heteroatoms. The fraction of sp³-hybridized carbons (Fsp3) is 0.562. The van der Waals surface area contributed by atoms with Gasteiger partial charge < -0.3 is 10.1 Å². The van der Waals surface area contributed by atoms with E-state index in [-0.39, 0.29) is 26.2 Å². The molecule has 1 amide bonds. The van der Waals surface area contributed by atoms with Crippen LogP contribution in [0.2, 0.25) is 0 Å². The maximum absolute atomic E-state index is 12.2. The molecule has 0 aliphatic carbocycles. The van der Waals surface area contributed by atoms with Crippen LogP contribution in [-0.2, 0) is 34.4 Å². The number of nitrogens with one attached hydrogen (secondary N) is 1. The highest BCUT2D eigenvalue weighted by atomic mass is 31.1. The number of pyridine rings is 1. The summed E-state index contributed by atoms with van der Waals surface area (Å²) in [5.41, 5.74) is 0.243. The molecule has 1 aromatic heterocycles. The first kappa shape index (κ1) is 19.4. The zero-order chi connectivity index (χ0) is 18.3. The molecule has 1 saturated heterocycles. The van der Waals surface area contributed by atoms with Crippen LogP contribution in [0, 0.1) is 5.41 Å². The molecule has 0 radical (unpaired) electrons. The van der Waals surface area contributed by atoms with Crippen LogP contribution >= 0.6 is 8.25 Å². The highest BCUT2D eigenvalue weighted by Crippen LogP contribution is 2.41. The molecular formula is C16H22N2O6P+. The molecule has 0 bridgehead atoms. The van der Waals surface area contributed by atoms with Crippen LogP contribution in [0.4, 0.5) is 0 Å². The van der Waals surface area contributed by atoms with Crippen LogP contribution in [0.5, 0.6) is 0 Å². The normalized spacial score (nSPS) is 20.7. The summed E-state index contributed by atoms with van der Waals surface area (Å²) in [6.45, 7) is 4.09. The maximum atomic E-state index is 12.2. The van der Waals surface area contributed by atoms with Gasteiger partial charge in [0.05, 0.1) is 13.0 Å². The van der Waals surface area contributed by atoms with Gasteiger partial charge in [0.2, 0.25) is 6.10 Å². The summed E-state index contributed by atoms with van der Waals surface area (Å²) in [7, 11) is -2.29. The van der Waals surface area contributed by atoms with Crippen molar-refractivity contribution in [2.24, 2.45) is 5.41 Å². The molecule has 2 heterocycles. The lowest BCUT2D eigenvalue weighted by atomic mass is 9.87. The molecule has 1 fully saturated rings. The first-order valence-electron chi connectivity index (χ1n) is 7.99. The van der Waals surface area contributed by atoms with Gasteiger partial charge in [0.1, 0.15) is 6.61 Å². The molecule has 1 aliphatic rings. The number of nitrogens with zero attached hydrogens (tertiary/aromatic N) is 1. The van der Waals surface area contributed by atoms with Gasteiger partial charge in [-0.05, 0) is 12.1 Å². The van der Waals surface area contributed by atoms with E-state index in [1.54, 1.807) is 20.0 Å². The van der Waals surface area contributed by atoms with Crippen molar-refractivity contribution in [1.29, 1.82) is 0 Å². The van der Waals surface area contributed by atoms with Crippen molar-refractivity contribution in [3.8, 4) is 0 Å². The smallest absolute Gasteiger partial charge is 0.465 e. The Morgan fingerprint density at radius 1 is 1.44 bits per heavy atom. The second-order valence-corrected chi connectivity index (χ2v) is 7.22. The number of aromatic nitrogens is 1. The van der Waals surface area contributed by atoms with Gasteiger partial charge in [0, 0.05) is 34.8 Å². The van der Waals surface area contributed by atoms with E-state index in [0.29, 0.717) is 6.42 Å². The fourth-order valence-electron chi connectivity index (χ4n) is 2.22. The molecule has 1 aliphatic heterocycles. The number of esters is 1. The van der Waals surface area contributed by atoms with Gasteiger partial charge in [-0.1, -0.05) is 19.9 Å². The van der Waals surface area contributed by atoms with Gasteiger partial charge in [-0.25, -0.2) is 0 Å². The van der Waals surface area contributed by atoms with Crippen LogP contribution < -0.4 is 5.32 Å². The van der Waals surface area contributed by atoms with Gasteiger partial charge in [0.15, 0.2) is 0 Å². The second-order valence-electron chi connectivity index (χ2n) is 6.30. The van der Waals surface area contributed by atoms with Gasteiger partial charge in [-0.15, -0.1) is 9.05 Å². The monoisotopic (exact) mass is 369 g/mol. The molecule has 0 aromatic carbocycles. The highest BCUT2D eigenvalue weighted by Gasteiger charge is 2.50. The summed E-state index contributed by atoms with van der Waals surface area (Å²) in [5.74, 6) is -0.826. The number of rotatable bonds is 7. The van der Waals surface area contributed by atoms with Crippen LogP contribution in [0.15, 0.2) is 24.4 Å². The standard InChI is InChI=1S/C16H21N2O6P/c1-16(2)11-23-25(21)24-14(16)15(20)18-9-6-13(19)22-10-7-12-5-3-4-8-17-12/h3-5,8,14H,6-7,9-11H2,1-2H3/p+1/t14-/m0/s1. The predicted octanol–water partition coefficient (Wildman–Crippen LogP) is 1.77. The molecular weight excluding hydrogens is 347 g/mol. The first-order chi connectivity index (χ1) is 11.9. The molecule has 1 N–H and O–H groups in total. The SMILES string of the molecule is CC1(C)CO[P+](=O)O[C@H]1C(=O)NCCC(=O)OCCc1ccccn1. The fourth-order valence-corrected chi connectivity index (χ4v) is 3.28. The summed E-state index contributed by atoms with van der Waals surface area (Å²) < 4.78 is 26.4. The van der Waals surface area contributed by atoms with Crippen LogP contribution in [0.3, 0.4) is 0 Å². The van der Waals surface area contributed by atoms with Crippen molar-refractivity contribution in [2.45, 2.75) is 32.8 Å². The largest absolute Gasteiger partial charge is 0.698 e. The Morgan fingerprint density at radius 3 is 2.96 bits per heavy atom. The predicted molar refractivity (Wildman–Crippen MR) is 88.7 cm³/mol. The third kappa shape index (κ3) is 6.16. The Kier molecular flexibility index (Phi) is 6.99. The number of hydrogen-bond donors (Lipinski definition) is 1. The molecule has 2 atom stereocenters. The minimum atomic E-state index is -2.29. The highest BCUT2D eigenvalue weighted by molar-refractivity contribution is 7.33. The van der Waals surface area contributed by atoms with Crippen molar-refractivity contribution >= 4 is 20.1 Å². The van der Waals surface area contributed by atoms with E-state index < -0.39 is 31.7 Å². The zero-order valence-electron chi connectivity index (χ0n) is 14.3. The third-order valence-electron chi connectivity index (χ3n) is 3.66. The number of ether oxygens (including phenoxy) is 1. The van der Waals surface area contributed by atoms with E-state index >= 15 is 0 Å². The zero-order valence-corrected chi connectivity index (χ0v) is 15.2. The van der Waals surface area contributed by atoms with E-state index in [1.807, 2.05) is 18.2 Å². The minimum absolute atomic E-state index is 0.0454. The van der Waals surface area contributed by atoms with Crippen molar-refractivity contribution in [1.82, 2.24) is 10.3 Å². The van der Waals surface area contributed by atoms with Gasteiger partial charge >= 0.3 is 14.2 Å². The van der Waals surface area contributed by atoms with Gasteiger partial charge in [-0.2, -0.15) is 0 Å². The Balaban J connectivity index is 1.66. The topological polar surface area (TPSA) is 104 Å². The Hall–Kier alpha value is -1.89. The summed E-state index contributed by atoms with van der Waals surface area (Å²) >= 11 is 0. The van der Waals surface area contributed by atoms with E-state index in [2.05, 4.69) is 10.3 Å². The molecule has 0 saturated carbocycles. The summed E-state index contributed by atoms with van der Waals surface area (Å²) in [6, 6.07) is 5.54. The van der Waals surface area contributed by atoms with Crippen LogP contribution in [-0.4, -0.2) is 42.7 Å². The molecule has 1 unspecified atom stereocenters. The number of amides is 1. The number of hydrogen-bond acceptors (Lipinski definition) is 7. The summed E-state index contributed by atoms with van der Waals surface area (Å²) in [6.07, 6.45) is 1.38. The van der Waals surface area contributed by atoms with Crippen molar-refractivity contribution in [2.75, 3.05) is 19.8 Å². The van der Waals surface area contributed by atoms with Crippen LogP contribution in [0.25, 0.3) is 0 Å². The third-order valence-corrected chi connectivity index (χ3v) is 4.38. The lowest BCUT2D eigenvalue weighted by molar-refractivity contribution is -0.143. The number of carbonyl (C=O) groups is 2. The van der Waals surface area contributed by atoms with E-state index in [1.165, 1.54) is 0 Å². The second kappa shape index (κ2) is 8.99. The summed E-state index contributed by atoms with van der Waals surface area (Å²) in [4.78, 5) is 28.0. The van der Waals surface area contributed by atoms with Crippen molar-refractivity contribution < 1.29 is 27.9 Å².